The molecule has 0 N–H and O–H groups in total. The summed E-state index contributed by atoms with van der Waals surface area (Å²) in [5.41, 5.74) is -0.00519. The third kappa shape index (κ3) is 1.90. The van der Waals surface area contributed by atoms with Gasteiger partial charge in [-0.25, -0.2) is 4.39 Å². The monoisotopic (exact) mass is 228 g/mol. The summed E-state index contributed by atoms with van der Waals surface area (Å²) < 4.78 is 18.5. The van der Waals surface area contributed by atoms with E-state index in [1.165, 1.54) is 18.2 Å². The van der Waals surface area contributed by atoms with E-state index in [2.05, 4.69) is 0 Å². The van der Waals surface area contributed by atoms with Crippen LogP contribution in [0.3, 0.4) is 0 Å². The van der Waals surface area contributed by atoms with Crippen LogP contribution >= 0.6 is 11.6 Å². The Hall–Kier alpha value is -0.930. The topological polar surface area (TPSA) is 26.3 Å². The molecule has 15 heavy (non-hydrogen) atoms. The van der Waals surface area contributed by atoms with Crippen LogP contribution in [0.15, 0.2) is 24.3 Å². The molecule has 80 valence electrons. The van der Waals surface area contributed by atoms with E-state index >= 15 is 0 Å². The van der Waals surface area contributed by atoms with Crippen LogP contribution in [-0.2, 0) is 4.74 Å². The van der Waals surface area contributed by atoms with Gasteiger partial charge in [0.25, 0.3) is 0 Å². The summed E-state index contributed by atoms with van der Waals surface area (Å²) in [6.07, 6.45) is 1.16. The van der Waals surface area contributed by atoms with Crippen LogP contribution in [-0.4, -0.2) is 17.5 Å². The smallest absolute Gasteiger partial charge is 0.212 e. The maximum Gasteiger partial charge on any atom is 0.212 e. The Labute approximate surface area is 92.0 Å². The molecule has 1 aliphatic heterocycles. The van der Waals surface area contributed by atoms with E-state index in [1.54, 1.807) is 6.07 Å². The molecule has 1 atom stereocenters. The second-order valence-corrected chi connectivity index (χ2v) is 4.10. The molecule has 0 aliphatic carbocycles. The van der Waals surface area contributed by atoms with Crippen LogP contribution in [0.4, 0.5) is 4.39 Å². The molecule has 0 amide bonds. The minimum absolute atomic E-state index is 0.00519. The Bertz CT molecular complexity index is 386. The molecule has 4 heteroatoms. The summed E-state index contributed by atoms with van der Waals surface area (Å²) >= 11 is 5.99. The van der Waals surface area contributed by atoms with Crippen molar-refractivity contribution in [3.63, 3.8) is 0 Å². The lowest BCUT2D eigenvalue weighted by Gasteiger charge is -2.18. The van der Waals surface area contributed by atoms with E-state index in [1.807, 2.05) is 0 Å². The maximum atomic E-state index is 13.3. The predicted molar refractivity (Wildman–Crippen MR) is 54.5 cm³/mol. The molecule has 1 aliphatic rings. The Balaban J connectivity index is 2.32. The number of alkyl halides is 1. The molecule has 1 aromatic carbocycles. The summed E-state index contributed by atoms with van der Waals surface area (Å²) in [6, 6.07) is 5.79. The molecule has 1 saturated heterocycles. The van der Waals surface area contributed by atoms with Crippen LogP contribution in [0.25, 0.3) is 0 Å². The molecule has 2 nitrogen and oxygen atoms in total. The lowest BCUT2D eigenvalue weighted by molar-refractivity contribution is 0.0496. The van der Waals surface area contributed by atoms with Gasteiger partial charge in [0.15, 0.2) is 0 Å². The minimum atomic E-state index is -1.36. The Morgan fingerprint density at radius 2 is 2.20 bits per heavy atom. The zero-order valence-corrected chi connectivity index (χ0v) is 8.76. The number of Topliss-reactive ketones (excluding diaryl/α,β-unsaturated/α-hetero) is 1. The summed E-state index contributed by atoms with van der Waals surface area (Å²) in [5, 5.41) is -1.36. The first kappa shape index (κ1) is 10.6. The van der Waals surface area contributed by atoms with Gasteiger partial charge in [0.1, 0.15) is 5.82 Å². The van der Waals surface area contributed by atoms with Crippen molar-refractivity contribution in [1.82, 2.24) is 0 Å². The normalized spacial score (nSPS) is 25.5. The van der Waals surface area contributed by atoms with Gasteiger partial charge in [0.2, 0.25) is 10.8 Å². The number of benzene rings is 1. The third-order valence-corrected chi connectivity index (χ3v) is 2.90. The van der Waals surface area contributed by atoms with Crippen molar-refractivity contribution in [2.75, 3.05) is 6.61 Å². The lowest BCUT2D eigenvalue weighted by atomic mass is 10.0. The molecule has 0 aromatic heterocycles. The third-order valence-electron chi connectivity index (χ3n) is 2.43. The molecule has 1 aromatic rings. The van der Waals surface area contributed by atoms with Crippen molar-refractivity contribution >= 4 is 17.4 Å². The molecule has 0 radical (unpaired) electrons. The number of rotatable bonds is 2. The first-order valence-corrected chi connectivity index (χ1v) is 5.13. The van der Waals surface area contributed by atoms with E-state index < -0.39 is 16.7 Å². The molecule has 1 fully saturated rings. The van der Waals surface area contributed by atoms with Gasteiger partial charge in [0.05, 0.1) is 5.56 Å². The molecule has 0 spiro atoms. The number of carbonyl (C=O) groups is 1. The van der Waals surface area contributed by atoms with Crippen molar-refractivity contribution in [2.24, 2.45) is 0 Å². The zero-order valence-electron chi connectivity index (χ0n) is 8.00. The van der Waals surface area contributed by atoms with Crippen LogP contribution in [0.1, 0.15) is 23.2 Å². The molecule has 0 bridgehead atoms. The SMILES string of the molecule is O=C(c1ccccc1F)C1(Cl)CCCO1. The van der Waals surface area contributed by atoms with Crippen LogP contribution in [0, 0.1) is 5.82 Å². The Morgan fingerprint density at radius 1 is 1.47 bits per heavy atom. The second-order valence-electron chi connectivity index (χ2n) is 3.49. The number of hydrogen-bond donors (Lipinski definition) is 0. The highest BCUT2D eigenvalue weighted by Crippen LogP contribution is 2.33. The first-order valence-electron chi connectivity index (χ1n) is 4.76. The fourth-order valence-electron chi connectivity index (χ4n) is 1.63. The van der Waals surface area contributed by atoms with Gasteiger partial charge in [-0.2, -0.15) is 0 Å². The van der Waals surface area contributed by atoms with E-state index in [0.29, 0.717) is 13.0 Å². The zero-order chi connectivity index (χ0) is 10.9. The van der Waals surface area contributed by atoms with Gasteiger partial charge in [-0.1, -0.05) is 23.7 Å². The van der Waals surface area contributed by atoms with E-state index in [9.17, 15) is 9.18 Å². The van der Waals surface area contributed by atoms with Crippen LogP contribution < -0.4 is 0 Å². The van der Waals surface area contributed by atoms with Gasteiger partial charge in [-0.3, -0.25) is 4.79 Å². The summed E-state index contributed by atoms with van der Waals surface area (Å²) in [4.78, 5) is 11.9. The van der Waals surface area contributed by atoms with Crippen LogP contribution in [0.2, 0.25) is 0 Å². The molecule has 0 saturated carbocycles. The number of carbonyl (C=O) groups excluding carboxylic acids is 1. The maximum absolute atomic E-state index is 13.3. The van der Waals surface area contributed by atoms with Gasteiger partial charge in [-0.15, -0.1) is 0 Å². The number of ketones is 1. The van der Waals surface area contributed by atoms with Crippen molar-refractivity contribution in [3.8, 4) is 0 Å². The van der Waals surface area contributed by atoms with Crippen LogP contribution in [0.5, 0.6) is 0 Å². The van der Waals surface area contributed by atoms with E-state index in [0.717, 1.165) is 6.42 Å². The van der Waals surface area contributed by atoms with Crippen molar-refractivity contribution < 1.29 is 13.9 Å². The molecule has 1 unspecified atom stereocenters. The van der Waals surface area contributed by atoms with Crippen molar-refractivity contribution in [1.29, 1.82) is 0 Å². The molecular weight excluding hydrogens is 219 g/mol. The average molecular weight is 229 g/mol. The number of ether oxygens (including phenoxy) is 1. The number of hydrogen-bond acceptors (Lipinski definition) is 2. The molecule has 1 heterocycles. The predicted octanol–water partition coefficient (Wildman–Crippen LogP) is 2.75. The fraction of sp³-hybridized carbons (Fsp3) is 0.364. The average Bonchev–Trinajstić information content (AvgIpc) is 2.66. The highest BCUT2D eigenvalue weighted by atomic mass is 35.5. The highest BCUT2D eigenvalue weighted by Gasteiger charge is 2.41. The van der Waals surface area contributed by atoms with Gasteiger partial charge < -0.3 is 4.74 Å². The summed E-state index contributed by atoms with van der Waals surface area (Å²) in [6.45, 7) is 0.448. The lowest BCUT2D eigenvalue weighted by Crippen LogP contribution is -2.32. The van der Waals surface area contributed by atoms with E-state index in [4.69, 9.17) is 16.3 Å². The Morgan fingerprint density at radius 3 is 2.80 bits per heavy atom. The quantitative estimate of drug-likeness (QED) is 0.575. The van der Waals surface area contributed by atoms with Gasteiger partial charge in [0, 0.05) is 13.0 Å². The molecular formula is C11H10ClFO2. The fourth-order valence-corrected chi connectivity index (χ4v) is 1.94. The van der Waals surface area contributed by atoms with Gasteiger partial charge in [-0.05, 0) is 18.6 Å². The second kappa shape index (κ2) is 3.91. The highest BCUT2D eigenvalue weighted by molar-refractivity contribution is 6.36. The summed E-state index contributed by atoms with van der Waals surface area (Å²) in [5.74, 6) is -1.04. The summed E-state index contributed by atoms with van der Waals surface area (Å²) in [7, 11) is 0. The molecule has 2 rings (SSSR count). The van der Waals surface area contributed by atoms with Crippen molar-refractivity contribution in [2.45, 2.75) is 17.9 Å². The first-order chi connectivity index (χ1) is 7.13. The van der Waals surface area contributed by atoms with Gasteiger partial charge >= 0.3 is 0 Å². The minimum Gasteiger partial charge on any atom is -0.352 e. The standard InChI is InChI=1S/C11H10ClFO2/c12-11(6-3-7-15-11)10(14)8-4-1-2-5-9(8)13/h1-2,4-5H,3,6-7H2. The Kier molecular flexibility index (Phi) is 2.76. The largest absolute Gasteiger partial charge is 0.352 e. The van der Waals surface area contributed by atoms with E-state index in [-0.39, 0.29) is 5.56 Å². The van der Waals surface area contributed by atoms with Crippen molar-refractivity contribution in [3.05, 3.63) is 35.6 Å². The number of halogens is 2.